The quantitative estimate of drug-likeness (QED) is 0.679. The van der Waals surface area contributed by atoms with E-state index in [1.54, 1.807) is 44.4 Å². The summed E-state index contributed by atoms with van der Waals surface area (Å²) >= 11 is 0. The Kier molecular flexibility index (Phi) is 5.28. The summed E-state index contributed by atoms with van der Waals surface area (Å²) in [5.41, 5.74) is 1.61. The van der Waals surface area contributed by atoms with Crippen molar-refractivity contribution in [1.29, 1.82) is 0 Å². The summed E-state index contributed by atoms with van der Waals surface area (Å²) in [6, 6.07) is 9.71. The van der Waals surface area contributed by atoms with Crippen molar-refractivity contribution < 1.29 is 22.5 Å². The van der Waals surface area contributed by atoms with Crippen LogP contribution in [-0.2, 0) is 16.4 Å². The van der Waals surface area contributed by atoms with E-state index < -0.39 is 10.0 Å². The standard InChI is InChI=1S/C19H21N3O5S/c1-5-12-6-8-16(26-4)17(10-12)28(24,25)21-18-14-11-13(19(23)22(2)3)7-9-15(14)27-20-18/h6-11H,5H2,1-4H3,(H,20,21). The van der Waals surface area contributed by atoms with Crippen LogP contribution >= 0.6 is 0 Å². The molecule has 0 radical (unpaired) electrons. The molecule has 1 N–H and O–H groups in total. The Bertz CT molecular complexity index is 1140. The zero-order valence-electron chi connectivity index (χ0n) is 16.0. The molecule has 0 aliphatic carbocycles. The molecule has 1 heterocycles. The van der Waals surface area contributed by atoms with Crippen LogP contribution in [0.4, 0.5) is 5.82 Å². The molecule has 148 valence electrons. The number of methoxy groups -OCH3 is 1. The van der Waals surface area contributed by atoms with E-state index in [2.05, 4.69) is 9.88 Å². The molecule has 3 rings (SSSR count). The van der Waals surface area contributed by atoms with Crippen LogP contribution in [0.5, 0.6) is 5.75 Å². The minimum atomic E-state index is -3.99. The average molecular weight is 403 g/mol. The molecule has 3 aromatic rings. The second-order valence-corrected chi connectivity index (χ2v) is 8.04. The summed E-state index contributed by atoms with van der Waals surface area (Å²) in [5, 5.41) is 4.21. The number of ether oxygens (including phenoxy) is 1. The molecule has 8 nitrogen and oxygen atoms in total. The van der Waals surface area contributed by atoms with Crippen LogP contribution in [0.3, 0.4) is 0 Å². The molecule has 28 heavy (non-hydrogen) atoms. The Morgan fingerprint density at radius 3 is 2.61 bits per heavy atom. The van der Waals surface area contributed by atoms with Crippen LogP contribution in [0.25, 0.3) is 11.0 Å². The second kappa shape index (κ2) is 7.51. The first-order valence-electron chi connectivity index (χ1n) is 8.57. The Balaban J connectivity index is 2.04. The van der Waals surface area contributed by atoms with E-state index in [0.717, 1.165) is 5.56 Å². The van der Waals surface area contributed by atoms with Crippen LogP contribution in [0.1, 0.15) is 22.8 Å². The predicted molar refractivity (Wildman–Crippen MR) is 105 cm³/mol. The van der Waals surface area contributed by atoms with Crippen LogP contribution < -0.4 is 9.46 Å². The number of hydrogen-bond donors (Lipinski definition) is 1. The minimum absolute atomic E-state index is 0.00558. The van der Waals surface area contributed by atoms with Crippen LogP contribution in [0.15, 0.2) is 45.8 Å². The topological polar surface area (TPSA) is 102 Å². The van der Waals surface area contributed by atoms with Gasteiger partial charge < -0.3 is 14.2 Å². The number of rotatable bonds is 6. The molecule has 2 aromatic carbocycles. The number of sulfonamides is 1. The van der Waals surface area contributed by atoms with Crippen LogP contribution in [-0.4, -0.2) is 45.6 Å². The number of hydrogen-bond acceptors (Lipinski definition) is 6. The van der Waals surface area contributed by atoms with Gasteiger partial charge in [-0.15, -0.1) is 0 Å². The van der Waals surface area contributed by atoms with Gasteiger partial charge >= 0.3 is 0 Å². The first-order chi connectivity index (χ1) is 13.3. The summed E-state index contributed by atoms with van der Waals surface area (Å²) in [7, 11) is 0.686. The fraction of sp³-hybridized carbons (Fsp3) is 0.263. The molecule has 0 atom stereocenters. The SMILES string of the molecule is CCc1ccc(OC)c(S(=O)(=O)Nc2noc3ccc(C(=O)N(C)C)cc23)c1. The van der Waals surface area contributed by atoms with E-state index >= 15 is 0 Å². The Labute approximate surface area is 163 Å². The Hall–Kier alpha value is -3.07. The fourth-order valence-electron chi connectivity index (χ4n) is 2.74. The van der Waals surface area contributed by atoms with Crippen molar-refractivity contribution in [2.75, 3.05) is 25.9 Å². The molecule has 0 bridgehead atoms. The van der Waals surface area contributed by atoms with Gasteiger partial charge in [-0.2, -0.15) is 0 Å². The van der Waals surface area contributed by atoms with Crippen molar-refractivity contribution in [3.63, 3.8) is 0 Å². The van der Waals surface area contributed by atoms with Crippen molar-refractivity contribution in [3.05, 3.63) is 47.5 Å². The fourth-order valence-corrected chi connectivity index (χ4v) is 3.97. The number of fused-ring (bicyclic) bond motifs is 1. The maximum absolute atomic E-state index is 13.0. The van der Waals surface area contributed by atoms with E-state index in [9.17, 15) is 13.2 Å². The first kappa shape index (κ1) is 19.7. The van der Waals surface area contributed by atoms with Crippen molar-refractivity contribution in [2.45, 2.75) is 18.2 Å². The van der Waals surface area contributed by atoms with Crippen LogP contribution in [0.2, 0.25) is 0 Å². The van der Waals surface area contributed by atoms with E-state index in [-0.39, 0.29) is 22.4 Å². The summed E-state index contributed by atoms with van der Waals surface area (Å²) in [5.74, 6) is 0.0163. The van der Waals surface area contributed by atoms with E-state index in [1.165, 1.54) is 12.0 Å². The summed E-state index contributed by atoms with van der Waals surface area (Å²) < 4.78 is 38.8. The molecular formula is C19H21N3O5S. The maximum atomic E-state index is 13.0. The van der Waals surface area contributed by atoms with Gasteiger partial charge in [0.25, 0.3) is 15.9 Å². The maximum Gasteiger partial charge on any atom is 0.266 e. The molecule has 0 fully saturated rings. The van der Waals surface area contributed by atoms with Gasteiger partial charge in [-0.3, -0.25) is 9.52 Å². The monoisotopic (exact) mass is 403 g/mol. The summed E-state index contributed by atoms with van der Waals surface area (Å²) in [4.78, 5) is 13.6. The van der Waals surface area contributed by atoms with E-state index in [1.807, 2.05) is 13.0 Å². The van der Waals surface area contributed by atoms with Gasteiger partial charge in [-0.05, 0) is 42.3 Å². The minimum Gasteiger partial charge on any atom is -0.495 e. The molecular weight excluding hydrogens is 382 g/mol. The van der Waals surface area contributed by atoms with Gasteiger partial charge in [0.1, 0.15) is 10.6 Å². The smallest absolute Gasteiger partial charge is 0.266 e. The molecule has 0 saturated carbocycles. The Morgan fingerprint density at radius 2 is 1.96 bits per heavy atom. The summed E-state index contributed by atoms with van der Waals surface area (Å²) in [6.45, 7) is 1.93. The van der Waals surface area contributed by atoms with Gasteiger partial charge in [0.15, 0.2) is 11.4 Å². The Morgan fingerprint density at radius 1 is 1.21 bits per heavy atom. The molecule has 1 aromatic heterocycles. The number of carbonyl (C=O) groups excluding carboxylic acids is 1. The van der Waals surface area contributed by atoms with Gasteiger partial charge in [0.05, 0.1) is 12.5 Å². The third-order valence-corrected chi connectivity index (χ3v) is 5.64. The van der Waals surface area contributed by atoms with Crippen molar-refractivity contribution in [2.24, 2.45) is 0 Å². The molecule has 0 saturated heterocycles. The number of aryl methyl sites for hydroxylation is 1. The van der Waals surface area contributed by atoms with E-state index in [0.29, 0.717) is 23.0 Å². The molecule has 9 heteroatoms. The highest BCUT2D eigenvalue weighted by molar-refractivity contribution is 7.92. The molecule has 0 aliphatic rings. The normalized spacial score (nSPS) is 11.4. The van der Waals surface area contributed by atoms with Gasteiger partial charge in [-0.25, -0.2) is 8.42 Å². The number of nitrogens with one attached hydrogen (secondary N) is 1. The lowest BCUT2D eigenvalue weighted by molar-refractivity contribution is 0.0828. The van der Waals surface area contributed by atoms with Gasteiger partial charge in [0, 0.05) is 19.7 Å². The highest BCUT2D eigenvalue weighted by Gasteiger charge is 2.23. The zero-order valence-corrected chi connectivity index (χ0v) is 16.8. The third-order valence-electron chi connectivity index (χ3n) is 4.28. The number of amides is 1. The lowest BCUT2D eigenvalue weighted by atomic mass is 10.1. The number of nitrogens with zero attached hydrogens (tertiary/aromatic N) is 2. The first-order valence-corrected chi connectivity index (χ1v) is 10.1. The van der Waals surface area contributed by atoms with Crippen molar-refractivity contribution in [3.8, 4) is 5.75 Å². The molecule has 0 spiro atoms. The number of benzene rings is 2. The number of anilines is 1. The highest BCUT2D eigenvalue weighted by atomic mass is 32.2. The lowest BCUT2D eigenvalue weighted by Gasteiger charge is -2.12. The van der Waals surface area contributed by atoms with Gasteiger partial charge in [0.2, 0.25) is 0 Å². The van der Waals surface area contributed by atoms with Gasteiger partial charge in [-0.1, -0.05) is 18.1 Å². The third kappa shape index (κ3) is 3.65. The number of carbonyl (C=O) groups is 1. The summed E-state index contributed by atoms with van der Waals surface area (Å²) in [6.07, 6.45) is 0.676. The highest BCUT2D eigenvalue weighted by Crippen LogP contribution is 2.30. The molecule has 1 amide bonds. The van der Waals surface area contributed by atoms with Crippen molar-refractivity contribution >= 4 is 32.7 Å². The largest absolute Gasteiger partial charge is 0.495 e. The average Bonchev–Trinajstić information content (AvgIpc) is 3.08. The second-order valence-electron chi connectivity index (χ2n) is 6.39. The number of aromatic nitrogens is 1. The van der Waals surface area contributed by atoms with Crippen LogP contribution in [0, 0.1) is 0 Å². The predicted octanol–water partition coefficient (Wildman–Crippen LogP) is 2.90. The zero-order chi connectivity index (χ0) is 20.5. The molecule has 0 unspecified atom stereocenters. The van der Waals surface area contributed by atoms with E-state index in [4.69, 9.17) is 9.26 Å². The lowest BCUT2D eigenvalue weighted by Crippen LogP contribution is -2.21. The van der Waals surface area contributed by atoms with Crippen molar-refractivity contribution in [1.82, 2.24) is 10.1 Å². The molecule has 0 aliphatic heterocycles.